The van der Waals surface area contributed by atoms with E-state index in [4.69, 9.17) is 27.3 Å². The number of amidine groups is 1. The molecule has 0 saturated carbocycles. The Labute approximate surface area is 191 Å². The number of hydrogen-bond acceptors (Lipinski definition) is 6. The first-order valence-electron chi connectivity index (χ1n) is 10.4. The number of carboxylic acid groups (broad SMARTS) is 1. The van der Waals surface area contributed by atoms with Crippen LogP contribution in [0, 0.1) is 5.41 Å². The highest BCUT2D eigenvalue weighted by Gasteiger charge is 2.38. The Bertz CT molecular complexity index is 1120. The number of rotatable bonds is 9. The Morgan fingerprint density at radius 3 is 2.58 bits per heavy atom. The number of guanidine groups is 1. The van der Waals surface area contributed by atoms with Gasteiger partial charge in [0.2, 0.25) is 0 Å². The highest BCUT2D eigenvalue weighted by atomic mass is 16.5. The molecule has 3 rings (SSSR count). The third-order valence-electron chi connectivity index (χ3n) is 5.40. The fraction of sp³-hybridized carbons (Fsp3) is 0.273. The first-order chi connectivity index (χ1) is 15.6. The average Bonchev–Trinajstić information content (AvgIpc) is 2.76. The van der Waals surface area contributed by atoms with E-state index in [9.17, 15) is 19.7 Å². The molecule has 0 aliphatic carbocycles. The predicted molar refractivity (Wildman–Crippen MR) is 125 cm³/mol. The van der Waals surface area contributed by atoms with E-state index < -0.39 is 18.9 Å². The molecule has 10 nitrogen and oxygen atoms in total. The van der Waals surface area contributed by atoms with Gasteiger partial charge in [0, 0.05) is 24.2 Å². The number of benzene rings is 2. The SMILES string of the molecule is N=C(N)CCc1cc(CN=C(N)N)cc(C(=O)C[C@H]2Cc3cccc(C(=O)O)c3OB2O)c1. The number of carboxylic acids is 1. The number of nitrogens with two attached hydrogens (primary N) is 3. The van der Waals surface area contributed by atoms with Crippen molar-refractivity contribution in [3.05, 3.63) is 64.2 Å². The van der Waals surface area contributed by atoms with E-state index in [0.717, 1.165) is 11.1 Å². The first kappa shape index (κ1) is 23.8. The number of para-hydroxylation sites is 1. The molecular formula is C22H26BN5O5. The lowest BCUT2D eigenvalue weighted by Crippen LogP contribution is -2.35. The molecule has 0 spiro atoms. The molecule has 0 aromatic heterocycles. The molecule has 1 heterocycles. The fourth-order valence-electron chi connectivity index (χ4n) is 3.80. The number of aromatic carboxylic acids is 1. The standard InChI is InChI=1S/C22H26BN5O5/c24-19(25)5-4-12-6-13(11-28-22(26)27)8-15(7-12)18(29)10-16-9-14-2-1-3-17(21(30)31)20(14)33-23(16)32/h1-3,6-8,16,32H,4-5,9-11H2,(H3,24,25)(H,30,31)(H4,26,27,28)/t16-/m1/s1. The zero-order valence-electron chi connectivity index (χ0n) is 18.0. The molecule has 33 heavy (non-hydrogen) atoms. The van der Waals surface area contributed by atoms with Crippen molar-refractivity contribution in [2.45, 2.75) is 38.0 Å². The normalized spacial score (nSPS) is 14.7. The van der Waals surface area contributed by atoms with Gasteiger partial charge in [0.15, 0.2) is 11.7 Å². The van der Waals surface area contributed by atoms with Crippen LogP contribution in [0.15, 0.2) is 41.4 Å². The molecule has 0 saturated heterocycles. The average molecular weight is 451 g/mol. The maximum Gasteiger partial charge on any atom is 0.526 e. The Morgan fingerprint density at radius 2 is 1.91 bits per heavy atom. The van der Waals surface area contributed by atoms with Gasteiger partial charge in [-0.1, -0.05) is 18.2 Å². The van der Waals surface area contributed by atoms with Crippen molar-refractivity contribution in [1.29, 1.82) is 5.41 Å². The number of hydrogen-bond donors (Lipinski definition) is 6. The highest BCUT2D eigenvalue weighted by Crippen LogP contribution is 2.36. The van der Waals surface area contributed by atoms with Gasteiger partial charge in [0.25, 0.3) is 0 Å². The molecule has 9 N–H and O–H groups in total. The van der Waals surface area contributed by atoms with Crippen LogP contribution in [0.1, 0.15) is 50.2 Å². The van der Waals surface area contributed by atoms with Crippen molar-refractivity contribution in [2.24, 2.45) is 22.2 Å². The number of ketones is 1. The number of Topliss-reactive ketones (excluding diaryl/α,β-unsaturated/α-hetero) is 1. The van der Waals surface area contributed by atoms with E-state index in [2.05, 4.69) is 4.99 Å². The number of fused-ring (bicyclic) bond motifs is 1. The smallest absolute Gasteiger partial charge is 0.526 e. The van der Waals surface area contributed by atoms with Crippen LogP contribution in [0.3, 0.4) is 0 Å². The van der Waals surface area contributed by atoms with Crippen molar-refractivity contribution < 1.29 is 24.4 Å². The summed E-state index contributed by atoms with van der Waals surface area (Å²) in [4.78, 5) is 28.5. The molecule has 1 aliphatic rings. The molecule has 0 radical (unpaired) electrons. The van der Waals surface area contributed by atoms with Gasteiger partial charge in [-0.2, -0.15) is 0 Å². The lowest BCUT2D eigenvalue weighted by atomic mass is 9.64. The molecule has 0 unspecified atom stereocenters. The summed E-state index contributed by atoms with van der Waals surface area (Å²) in [7, 11) is -1.32. The van der Waals surface area contributed by atoms with E-state index in [-0.39, 0.29) is 41.9 Å². The lowest BCUT2D eigenvalue weighted by molar-refractivity contribution is 0.0693. The molecule has 1 aliphatic heterocycles. The fourth-order valence-corrected chi connectivity index (χ4v) is 3.80. The van der Waals surface area contributed by atoms with Crippen LogP contribution in [-0.2, 0) is 19.4 Å². The topological polar surface area (TPSA) is 198 Å². The van der Waals surface area contributed by atoms with Crippen LogP contribution in [0.5, 0.6) is 5.75 Å². The van der Waals surface area contributed by atoms with Gasteiger partial charge in [-0.05, 0) is 47.7 Å². The second-order valence-corrected chi connectivity index (χ2v) is 8.00. The molecule has 2 aromatic rings. The number of aliphatic imine (C=N–C) groups is 1. The van der Waals surface area contributed by atoms with E-state index in [0.29, 0.717) is 30.4 Å². The number of carbonyl (C=O) groups excluding carboxylic acids is 1. The van der Waals surface area contributed by atoms with Crippen molar-refractivity contribution >= 4 is 30.7 Å². The number of aryl methyl sites for hydroxylation is 1. The summed E-state index contributed by atoms with van der Waals surface area (Å²) in [5, 5.41) is 27.2. The second-order valence-electron chi connectivity index (χ2n) is 8.00. The first-order valence-corrected chi connectivity index (χ1v) is 10.4. The Kier molecular flexibility index (Phi) is 7.34. The minimum absolute atomic E-state index is 0.00416. The quantitative estimate of drug-likeness (QED) is 0.141. The summed E-state index contributed by atoms with van der Waals surface area (Å²) < 4.78 is 5.49. The zero-order valence-corrected chi connectivity index (χ0v) is 18.0. The summed E-state index contributed by atoms with van der Waals surface area (Å²) in [6.07, 6.45) is 1.12. The maximum absolute atomic E-state index is 13.1. The zero-order chi connectivity index (χ0) is 24.1. The van der Waals surface area contributed by atoms with Crippen LogP contribution in [0.2, 0.25) is 5.82 Å². The van der Waals surface area contributed by atoms with Gasteiger partial charge in [-0.25, -0.2) is 9.79 Å². The molecule has 0 bridgehead atoms. The minimum atomic E-state index is -1.32. The van der Waals surface area contributed by atoms with Crippen molar-refractivity contribution in [2.75, 3.05) is 0 Å². The summed E-state index contributed by atoms with van der Waals surface area (Å²) in [5.74, 6) is -1.80. The lowest BCUT2D eigenvalue weighted by Gasteiger charge is -2.28. The van der Waals surface area contributed by atoms with Crippen LogP contribution in [0.25, 0.3) is 0 Å². The maximum atomic E-state index is 13.1. The summed E-state index contributed by atoms with van der Waals surface area (Å²) in [5.41, 5.74) is 18.9. The van der Waals surface area contributed by atoms with Crippen molar-refractivity contribution in [3.63, 3.8) is 0 Å². The van der Waals surface area contributed by atoms with Gasteiger partial charge < -0.3 is 32.0 Å². The van der Waals surface area contributed by atoms with Gasteiger partial charge in [0.05, 0.1) is 17.9 Å². The van der Waals surface area contributed by atoms with Crippen molar-refractivity contribution in [1.82, 2.24) is 0 Å². The van der Waals surface area contributed by atoms with E-state index in [1.165, 1.54) is 6.07 Å². The molecule has 0 fully saturated rings. The van der Waals surface area contributed by atoms with Gasteiger partial charge >= 0.3 is 13.1 Å². The minimum Gasteiger partial charge on any atom is -0.535 e. The third kappa shape index (κ3) is 6.10. The molecule has 1 atom stereocenters. The predicted octanol–water partition coefficient (Wildman–Crippen LogP) is 1.09. The van der Waals surface area contributed by atoms with Crippen molar-refractivity contribution in [3.8, 4) is 5.75 Å². The molecule has 0 amide bonds. The van der Waals surface area contributed by atoms with E-state index in [1.807, 2.05) is 6.07 Å². The van der Waals surface area contributed by atoms with Crippen LogP contribution >= 0.6 is 0 Å². The Balaban J connectivity index is 1.82. The molecule has 2 aromatic carbocycles. The molecular weight excluding hydrogens is 425 g/mol. The Hall–Kier alpha value is -3.86. The van der Waals surface area contributed by atoms with Crippen LogP contribution in [-0.4, -0.2) is 40.8 Å². The van der Waals surface area contributed by atoms with Crippen LogP contribution < -0.4 is 21.9 Å². The van der Waals surface area contributed by atoms with Gasteiger partial charge in [-0.3, -0.25) is 10.2 Å². The largest absolute Gasteiger partial charge is 0.535 e. The van der Waals surface area contributed by atoms with Crippen LogP contribution in [0.4, 0.5) is 0 Å². The summed E-state index contributed by atoms with van der Waals surface area (Å²) in [6.45, 7) is 0.191. The van der Waals surface area contributed by atoms with Gasteiger partial charge in [-0.15, -0.1) is 0 Å². The second kappa shape index (κ2) is 10.2. The molecule has 172 valence electrons. The number of nitrogens with zero attached hydrogens (tertiary/aromatic N) is 1. The van der Waals surface area contributed by atoms with Gasteiger partial charge in [0.1, 0.15) is 5.75 Å². The highest BCUT2D eigenvalue weighted by molar-refractivity contribution is 6.47. The summed E-state index contributed by atoms with van der Waals surface area (Å²) >= 11 is 0. The Morgan fingerprint density at radius 1 is 1.18 bits per heavy atom. The molecule has 11 heteroatoms. The van der Waals surface area contributed by atoms with E-state index >= 15 is 0 Å². The third-order valence-corrected chi connectivity index (χ3v) is 5.40. The monoisotopic (exact) mass is 451 g/mol. The number of carbonyl (C=O) groups is 2. The summed E-state index contributed by atoms with van der Waals surface area (Å²) in [6, 6.07) is 10.0. The number of nitrogens with one attached hydrogen (secondary N) is 1. The van der Waals surface area contributed by atoms with E-state index in [1.54, 1.807) is 24.3 Å².